The van der Waals surface area contributed by atoms with Crippen LogP contribution in [0.1, 0.15) is 20.3 Å². The number of hydrogen-bond acceptors (Lipinski definition) is 4. The summed E-state index contributed by atoms with van der Waals surface area (Å²) >= 11 is 0. The van der Waals surface area contributed by atoms with Crippen LogP contribution in [0.2, 0.25) is 0 Å². The van der Waals surface area contributed by atoms with Crippen LogP contribution in [0, 0.1) is 0 Å². The lowest BCUT2D eigenvalue weighted by Crippen LogP contribution is -2.44. The van der Waals surface area contributed by atoms with E-state index in [1.165, 1.54) is 0 Å². The standard InChI is InChI=1S/C11H25N3O2/c1-4-10(2)14(7-8-16-3)9-11(15)13-6-5-12/h10H,4-9,12H2,1-3H3,(H,13,15). The van der Waals surface area contributed by atoms with Gasteiger partial charge in [0.25, 0.3) is 0 Å². The number of carbonyl (C=O) groups is 1. The van der Waals surface area contributed by atoms with Crippen LogP contribution >= 0.6 is 0 Å². The summed E-state index contributed by atoms with van der Waals surface area (Å²) in [6, 6.07) is 0.388. The molecule has 16 heavy (non-hydrogen) atoms. The molecule has 5 heteroatoms. The molecule has 0 heterocycles. The van der Waals surface area contributed by atoms with Crippen LogP contribution in [0.15, 0.2) is 0 Å². The van der Waals surface area contributed by atoms with Gasteiger partial charge in [-0.15, -0.1) is 0 Å². The van der Waals surface area contributed by atoms with E-state index in [0.717, 1.165) is 13.0 Å². The number of nitrogens with one attached hydrogen (secondary N) is 1. The van der Waals surface area contributed by atoms with Crippen LogP contribution in [0.25, 0.3) is 0 Å². The molecule has 1 amide bonds. The molecular formula is C11H25N3O2. The molecule has 5 nitrogen and oxygen atoms in total. The molecule has 0 aliphatic rings. The molecule has 0 aromatic heterocycles. The smallest absolute Gasteiger partial charge is 0.234 e. The van der Waals surface area contributed by atoms with E-state index < -0.39 is 0 Å². The molecule has 0 aliphatic carbocycles. The Morgan fingerprint density at radius 2 is 2.25 bits per heavy atom. The first-order chi connectivity index (χ1) is 7.65. The lowest BCUT2D eigenvalue weighted by molar-refractivity contribution is -0.122. The number of hydrogen-bond donors (Lipinski definition) is 2. The molecule has 3 N–H and O–H groups in total. The second-order valence-corrected chi connectivity index (χ2v) is 3.86. The van der Waals surface area contributed by atoms with Crippen molar-refractivity contribution in [1.29, 1.82) is 0 Å². The normalized spacial score (nSPS) is 12.8. The van der Waals surface area contributed by atoms with E-state index in [1.54, 1.807) is 7.11 Å². The topological polar surface area (TPSA) is 67.6 Å². The lowest BCUT2D eigenvalue weighted by Gasteiger charge is -2.27. The van der Waals surface area contributed by atoms with Gasteiger partial charge in [-0.05, 0) is 13.3 Å². The molecule has 1 unspecified atom stereocenters. The largest absolute Gasteiger partial charge is 0.383 e. The maximum atomic E-state index is 11.5. The Balaban J connectivity index is 4.03. The summed E-state index contributed by atoms with van der Waals surface area (Å²) in [5.74, 6) is 0.0295. The second kappa shape index (κ2) is 9.57. The van der Waals surface area contributed by atoms with Gasteiger partial charge in [0.15, 0.2) is 0 Å². The number of rotatable bonds is 9. The third-order valence-electron chi connectivity index (χ3n) is 2.61. The molecule has 0 saturated heterocycles. The highest BCUT2D eigenvalue weighted by atomic mass is 16.5. The average molecular weight is 231 g/mol. The first-order valence-corrected chi connectivity index (χ1v) is 5.85. The van der Waals surface area contributed by atoms with E-state index in [4.69, 9.17) is 10.5 Å². The van der Waals surface area contributed by atoms with Gasteiger partial charge in [0.2, 0.25) is 5.91 Å². The van der Waals surface area contributed by atoms with Crippen molar-refractivity contribution in [3.05, 3.63) is 0 Å². The van der Waals surface area contributed by atoms with Crippen molar-refractivity contribution in [2.75, 3.05) is 39.9 Å². The maximum absolute atomic E-state index is 11.5. The number of nitrogens with two attached hydrogens (primary N) is 1. The van der Waals surface area contributed by atoms with Crippen molar-refractivity contribution in [3.63, 3.8) is 0 Å². The van der Waals surface area contributed by atoms with Gasteiger partial charge < -0.3 is 15.8 Å². The molecule has 0 saturated carbocycles. The van der Waals surface area contributed by atoms with Crippen LogP contribution in [0.3, 0.4) is 0 Å². The quantitative estimate of drug-likeness (QED) is 0.577. The molecule has 0 rings (SSSR count). The average Bonchev–Trinajstić information content (AvgIpc) is 2.30. The van der Waals surface area contributed by atoms with Gasteiger partial charge in [0.05, 0.1) is 13.2 Å². The van der Waals surface area contributed by atoms with Gasteiger partial charge >= 0.3 is 0 Å². The van der Waals surface area contributed by atoms with Crippen LogP contribution < -0.4 is 11.1 Å². The van der Waals surface area contributed by atoms with E-state index in [1.807, 2.05) is 0 Å². The van der Waals surface area contributed by atoms with E-state index in [9.17, 15) is 4.79 Å². The van der Waals surface area contributed by atoms with Gasteiger partial charge in [0.1, 0.15) is 0 Å². The van der Waals surface area contributed by atoms with Crippen molar-refractivity contribution < 1.29 is 9.53 Å². The molecule has 0 spiro atoms. The van der Waals surface area contributed by atoms with Gasteiger partial charge in [0, 0.05) is 32.8 Å². The Morgan fingerprint density at radius 3 is 2.75 bits per heavy atom. The van der Waals surface area contributed by atoms with Gasteiger partial charge in [-0.25, -0.2) is 0 Å². The summed E-state index contributed by atoms with van der Waals surface area (Å²) in [4.78, 5) is 13.7. The Labute approximate surface area is 98.3 Å². The first kappa shape index (κ1) is 15.3. The summed E-state index contributed by atoms with van der Waals surface area (Å²) in [7, 11) is 1.67. The number of nitrogens with zero attached hydrogens (tertiary/aromatic N) is 1. The number of methoxy groups -OCH3 is 1. The van der Waals surface area contributed by atoms with Crippen LogP contribution in [0.4, 0.5) is 0 Å². The predicted molar refractivity (Wildman–Crippen MR) is 65.3 cm³/mol. The van der Waals surface area contributed by atoms with Crippen molar-refractivity contribution in [1.82, 2.24) is 10.2 Å². The van der Waals surface area contributed by atoms with Crippen molar-refractivity contribution >= 4 is 5.91 Å². The minimum Gasteiger partial charge on any atom is -0.383 e. The maximum Gasteiger partial charge on any atom is 0.234 e. The fraction of sp³-hybridized carbons (Fsp3) is 0.909. The van der Waals surface area contributed by atoms with Crippen molar-refractivity contribution in [2.45, 2.75) is 26.3 Å². The summed E-state index contributed by atoms with van der Waals surface area (Å²) in [6.45, 7) is 7.09. The summed E-state index contributed by atoms with van der Waals surface area (Å²) in [5, 5.41) is 2.77. The summed E-state index contributed by atoms with van der Waals surface area (Å²) in [6.07, 6.45) is 1.02. The Morgan fingerprint density at radius 1 is 1.56 bits per heavy atom. The Bertz CT molecular complexity index is 188. The molecule has 0 fully saturated rings. The van der Waals surface area contributed by atoms with E-state index >= 15 is 0 Å². The summed E-state index contributed by atoms with van der Waals surface area (Å²) < 4.78 is 5.04. The third kappa shape index (κ3) is 6.76. The Hall–Kier alpha value is -0.650. The number of amides is 1. The van der Waals surface area contributed by atoms with Crippen molar-refractivity contribution in [2.24, 2.45) is 5.73 Å². The Kier molecular flexibility index (Phi) is 9.18. The van der Waals surface area contributed by atoms with Gasteiger partial charge in [-0.1, -0.05) is 6.92 Å². The number of ether oxygens (including phenoxy) is 1. The fourth-order valence-electron chi connectivity index (χ4n) is 1.37. The van der Waals surface area contributed by atoms with Crippen LogP contribution in [-0.4, -0.2) is 56.7 Å². The van der Waals surface area contributed by atoms with E-state index in [0.29, 0.717) is 32.3 Å². The highest BCUT2D eigenvalue weighted by molar-refractivity contribution is 5.78. The van der Waals surface area contributed by atoms with Gasteiger partial charge in [-0.3, -0.25) is 9.69 Å². The molecular weight excluding hydrogens is 206 g/mol. The van der Waals surface area contributed by atoms with Crippen LogP contribution in [0.5, 0.6) is 0 Å². The third-order valence-corrected chi connectivity index (χ3v) is 2.61. The SMILES string of the molecule is CCC(C)N(CCOC)CC(=O)NCCN. The molecule has 0 aliphatic heterocycles. The van der Waals surface area contributed by atoms with E-state index in [2.05, 4.69) is 24.1 Å². The minimum atomic E-state index is 0.0295. The fourth-order valence-corrected chi connectivity index (χ4v) is 1.37. The zero-order chi connectivity index (χ0) is 12.4. The zero-order valence-corrected chi connectivity index (χ0v) is 10.7. The molecule has 0 bridgehead atoms. The molecule has 0 radical (unpaired) electrons. The highest BCUT2D eigenvalue weighted by Crippen LogP contribution is 2.02. The summed E-state index contributed by atoms with van der Waals surface area (Å²) in [5.41, 5.74) is 5.33. The van der Waals surface area contributed by atoms with Crippen molar-refractivity contribution in [3.8, 4) is 0 Å². The lowest BCUT2D eigenvalue weighted by atomic mass is 10.2. The molecule has 0 aromatic carbocycles. The number of carbonyl (C=O) groups excluding carboxylic acids is 1. The first-order valence-electron chi connectivity index (χ1n) is 5.85. The predicted octanol–water partition coefficient (Wildman–Crippen LogP) is -0.192. The zero-order valence-electron chi connectivity index (χ0n) is 10.7. The van der Waals surface area contributed by atoms with Gasteiger partial charge in [-0.2, -0.15) is 0 Å². The molecule has 0 aromatic rings. The highest BCUT2D eigenvalue weighted by Gasteiger charge is 2.15. The monoisotopic (exact) mass is 231 g/mol. The molecule has 1 atom stereocenters. The minimum absolute atomic E-state index is 0.0295. The van der Waals surface area contributed by atoms with Crippen LogP contribution in [-0.2, 0) is 9.53 Å². The molecule has 96 valence electrons. The second-order valence-electron chi connectivity index (χ2n) is 3.86. The van der Waals surface area contributed by atoms with E-state index in [-0.39, 0.29) is 5.91 Å².